The summed E-state index contributed by atoms with van der Waals surface area (Å²) in [6.07, 6.45) is 3.13. The molecule has 1 aliphatic carbocycles. The van der Waals surface area contributed by atoms with Crippen LogP contribution in [-0.4, -0.2) is 57.5 Å². The summed E-state index contributed by atoms with van der Waals surface area (Å²) in [5.41, 5.74) is 0. The van der Waals surface area contributed by atoms with E-state index in [1.54, 1.807) is 0 Å². The van der Waals surface area contributed by atoms with Crippen LogP contribution in [0.15, 0.2) is 0 Å². The van der Waals surface area contributed by atoms with Gasteiger partial charge in [0.05, 0.1) is 12.4 Å². The molecular weight excluding hydrogens is 216 g/mol. The van der Waals surface area contributed by atoms with Crippen LogP contribution in [0.1, 0.15) is 12.8 Å². The molecule has 1 rings (SSSR count). The number of likely N-dealkylation sites (N-methyl/N-ethyl adjacent to an activating group) is 1. The van der Waals surface area contributed by atoms with Gasteiger partial charge >= 0.3 is 0 Å². The second-order valence-electron chi connectivity index (χ2n) is 4.33. The molecule has 0 heterocycles. The van der Waals surface area contributed by atoms with Crippen molar-refractivity contribution in [2.24, 2.45) is 5.92 Å². The van der Waals surface area contributed by atoms with Gasteiger partial charge in [-0.15, -0.1) is 0 Å². The fourth-order valence-electron chi connectivity index (χ4n) is 1.46. The molecule has 1 atom stereocenters. The molecule has 0 aliphatic heterocycles. The molecule has 1 saturated carbocycles. The second kappa shape index (κ2) is 5.25. The lowest BCUT2D eigenvalue weighted by Gasteiger charge is -2.20. The summed E-state index contributed by atoms with van der Waals surface area (Å²) < 4.78 is 24.0. The number of hydrogen-bond acceptors (Lipinski definition) is 4. The topological polar surface area (TPSA) is 69.6 Å². The standard InChI is InChI=1S/C9H20N2O3S/c1-11(6-5-10-15(2,13)14)7-9(12)8-3-4-8/h8-10,12H,3-7H2,1-2H3. The average molecular weight is 236 g/mol. The van der Waals surface area contributed by atoms with Crippen molar-refractivity contribution in [2.75, 3.05) is 32.9 Å². The quantitative estimate of drug-likeness (QED) is 0.609. The van der Waals surface area contributed by atoms with E-state index in [0.717, 1.165) is 19.1 Å². The van der Waals surface area contributed by atoms with Crippen LogP contribution in [0.2, 0.25) is 0 Å². The number of aliphatic hydroxyl groups is 1. The van der Waals surface area contributed by atoms with Crippen LogP contribution in [0, 0.1) is 5.92 Å². The fourth-order valence-corrected chi connectivity index (χ4v) is 1.92. The molecule has 1 fully saturated rings. The van der Waals surface area contributed by atoms with Crippen molar-refractivity contribution < 1.29 is 13.5 Å². The van der Waals surface area contributed by atoms with Gasteiger partial charge in [0.25, 0.3) is 0 Å². The molecule has 0 aromatic carbocycles. The Hall–Kier alpha value is -0.170. The van der Waals surface area contributed by atoms with Crippen LogP contribution < -0.4 is 4.72 Å². The number of sulfonamides is 1. The highest BCUT2D eigenvalue weighted by Crippen LogP contribution is 2.32. The van der Waals surface area contributed by atoms with Gasteiger partial charge in [0.2, 0.25) is 10.0 Å². The largest absolute Gasteiger partial charge is 0.392 e. The Morgan fingerprint density at radius 2 is 2.13 bits per heavy atom. The molecule has 5 nitrogen and oxygen atoms in total. The molecule has 0 radical (unpaired) electrons. The Morgan fingerprint density at radius 3 is 2.60 bits per heavy atom. The number of nitrogens with zero attached hydrogens (tertiary/aromatic N) is 1. The van der Waals surface area contributed by atoms with E-state index < -0.39 is 10.0 Å². The maximum absolute atomic E-state index is 10.8. The molecule has 0 aromatic rings. The Labute approximate surface area is 91.5 Å². The molecule has 1 aliphatic rings. The monoisotopic (exact) mass is 236 g/mol. The van der Waals surface area contributed by atoms with Crippen molar-refractivity contribution in [1.29, 1.82) is 0 Å². The van der Waals surface area contributed by atoms with Gasteiger partial charge in [0, 0.05) is 19.6 Å². The molecule has 90 valence electrons. The van der Waals surface area contributed by atoms with E-state index in [1.807, 2.05) is 11.9 Å². The molecule has 6 heteroatoms. The molecule has 0 aromatic heterocycles. The van der Waals surface area contributed by atoms with E-state index in [2.05, 4.69) is 4.72 Å². The van der Waals surface area contributed by atoms with Crippen LogP contribution >= 0.6 is 0 Å². The minimum absolute atomic E-state index is 0.256. The highest BCUT2D eigenvalue weighted by Gasteiger charge is 2.30. The predicted octanol–water partition coefficient (Wildman–Crippen LogP) is -0.762. The molecule has 1 unspecified atom stereocenters. The summed E-state index contributed by atoms with van der Waals surface area (Å²) in [4.78, 5) is 1.95. The number of hydrogen-bond donors (Lipinski definition) is 2. The normalized spacial score (nSPS) is 19.5. The van der Waals surface area contributed by atoms with E-state index in [9.17, 15) is 13.5 Å². The molecule has 0 spiro atoms. The maximum Gasteiger partial charge on any atom is 0.208 e. The van der Waals surface area contributed by atoms with Crippen molar-refractivity contribution in [2.45, 2.75) is 18.9 Å². The first-order valence-corrected chi connectivity index (χ1v) is 7.09. The van der Waals surface area contributed by atoms with Gasteiger partial charge in [-0.05, 0) is 25.8 Å². The SMILES string of the molecule is CN(CCNS(C)(=O)=O)CC(O)C1CC1. The smallest absolute Gasteiger partial charge is 0.208 e. The predicted molar refractivity (Wildman–Crippen MR) is 59.1 cm³/mol. The lowest BCUT2D eigenvalue weighted by Crippen LogP contribution is -2.36. The Bertz CT molecular complexity index is 288. The van der Waals surface area contributed by atoms with Crippen molar-refractivity contribution in [3.8, 4) is 0 Å². The molecule has 15 heavy (non-hydrogen) atoms. The van der Waals surface area contributed by atoms with Crippen molar-refractivity contribution in [1.82, 2.24) is 9.62 Å². The average Bonchev–Trinajstić information content (AvgIpc) is 2.82. The first-order valence-electron chi connectivity index (χ1n) is 5.20. The van der Waals surface area contributed by atoms with Crippen molar-refractivity contribution >= 4 is 10.0 Å². The van der Waals surface area contributed by atoms with Gasteiger partial charge in [-0.3, -0.25) is 0 Å². The molecule has 2 N–H and O–H groups in total. The van der Waals surface area contributed by atoms with Crippen LogP contribution in [0.3, 0.4) is 0 Å². The summed E-state index contributed by atoms with van der Waals surface area (Å²) in [5.74, 6) is 0.468. The maximum atomic E-state index is 10.8. The summed E-state index contributed by atoms with van der Waals surface area (Å²) >= 11 is 0. The third-order valence-electron chi connectivity index (χ3n) is 2.52. The molecular formula is C9H20N2O3S. The number of aliphatic hydroxyl groups excluding tert-OH is 1. The van der Waals surface area contributed by atoms with Crippen molar-refractivity contribution in [3.05, 3.63) is 0 Å². The highest BCUT2D eigenvalue weighted by molar-refractivity contribution is 7.88. The number of rotatable bonds is 7. The Kier molecular flexibility index (Phi) is 4.51. The van der Waals surface area contributed by atoms with Crippen molar-refractivity contribution in [3.63, 3.8) is 0 Å². The first-order chi connectivity index (χ1) is 6.88. The van der Waals surface area contributed by atoms with E-state index in [-0.39, 0.29) is 6.10 Å². The lowest BCUT2D eigenvalue weighted by molar-refractivity contribution is 0.108. The number of nitrogens with one attached hydrogen (secondary N) is 1. The van der Waals surface area contributed by atoms with E-state index in [0.29, 0.717) is 25.6 Å². The first kappa shape index (κ1) is 12.9. The molecule has 0 amide bonds. The Morgan fingerprint density at radius 1 is 1.53 bits per heavy atom. The zero-order valence-electron chi connectivity index (χ0n) is 9.31. The van der Waals surface area contributed by atoms with Crippen LogP contribution in [0.25, 0.3) is 0 Å². The summed E-state index contributed by atoms with van der Waals surface area (Å²) in [7, 11) is -1.21. The van der Waals surface area contributed by atoms with Crippen LogP contribution in [-0.2, 0) is 10.0 Å². The summed E-state index contributed by atoms with van der Waals surface area (Å²) in [6.45, 7) is 1.64. The van der Waals surface area contributed by atoms with E-state index in [1.165, 1.54) is 0 Å². The second-order valence-corrected chi connectivity index (χ2v) is 6.17. The zero-order chi connectivity index (χ0) is 11.5. The van der Waals surface area contributed by atoms with E-state index >= 15 is 0 Å². The van der Waals surface area contributed by atoms with Gasteiger partial charge in [-0.1, -0.05) is 0 Å². The van der Waals surface area contributed by atoms with Crippen LogP contribution in [0.5, 0.6) is 0 Å². The van der Waals surface area contributed by atoms with Gasteiger partial charge < -0.3 is 10.0 Å². The van der Waals surface area contributed by atoms with Gasteiger partial charge in [0.15, 0.2) is 0 Å². The van der Waals surface area contributed by atoms with Gasteiger partial charge in [-0.2, -0.15) is 0 Å². The minimum atomic E-state index is -3.09. The fraction of sp³-hybridized carbons (Fsp3) is 1.00. The summed E-state index contributed by atoms with van der Waals surface area (Å²) in [5, 5.41) is 9.64. The van der Waals surface area contributed by atoms with Crippen LogP contribution in [0.4, 0.5) is 0 Å². The van der Waals surface area contributed by atoms with Gasteiger partial charge in [0.1, 0.15) is 0 Å². The zero-order valence-corrected chi connectivity index (χ0v) is 10.1. The molecule has 0 saturated heterocycles. The van der Waals surface area contributed by atoms with Gasteiger partial charge in [-0.25, -0.2) is 13.1 Å². The minimum Gasteiger partial charge on any atom is -0.392 e. The summed E-state index contributed by atoms with van der Waals surface area (Å²) in [6, 6.07) is 0. The lowest BCUT2D eigenvalue weighted by atomic mass is 10.2. The molecule has 0 bridgehead atoms. The Balaban J connectivity index is 2.10. The van der Waals surface area contributed by atoms with E-state index in [4.69, 9.17) is 0 Å². The highest BCUT2D eigenvalue weighted by atomic mass is 32.2. The third kappa shape index (κ3) is 6.09. The third-order valence-corrected chi connectivity index (χ3v) is 3.25.